The molecule has 3 rings (SSSR count). The fourth-order valence-electron chi connectivity index (χ4n) is 2.42. The van der Waals surface area contributed by atoms with Gasteiger partial charge in [0.1, 0.15) is 17.3 Å². The highest BCUT2D eigenvalue weighted by Gasteiger charge is 2.13. The maximum absolute atomic E-state index is 12.0. The fourth-order valence-corrected chi connectivity index (χ4v) is 3.22. The number of rotatable bonds is 8. The summed E-state index contributed by atoms with van der Waals surface area (Å²) in [5, 5.41) is 5.20. The van der Waals surface area contributed by atoms with Crippen LogP contribution in [0.3, 0.4) is 0 Å². The number of carbonyl (C=O) groups excluding carboxylic acids is 1. The predicted octanol–water partition coefficient (Wildman–Crippen LogP) is 4.31. The molecule has 0 saturated heterocycles. The Bertz CT molecular complexity index is 922. The molecule has 138 valence electrons. The van der Waals surface area contributed by atoms with E-state index in [-0.39, 0.29) is 5.91 Å². The number of ether oxygens (including phenoxy) is 2. The topological polar surface area (TPSA) is 60.5 Å². The van der Waals surface area contributed by atoms with Crippen LogP contribution in [-0.2, 0) is 6.61 Å². The standard InChI is InChI=1S/C21H20N2O3S/c1-3-11-22-20(24)17-14-27-21(23-17)16-9-10-18(19(12-16)25-2)26-13-15-7-5-4-6-8-15/h3-10,12,14H,1,11,13H2,2H3,(H,22,24). The number of benzene rings is 2. The molecule has 0 unspecified atom stereocenters. The monoisotopic (exact) mass is 380 g/mol. The van der Waals surface area contributed by atoms with E-state index in [1.54, 1.807) is 18.6 Å². The Labute approximate surface area is 162 Å². The zero-order valence-electron chi connectivity index (χ0n) is 15.0. The van der Waals surface area contributed by atoms with Crippen molar-refractivity contribution in [3.63, 3.8) is 0 Å². The molecule has 0 saturated carbocycles. The van der Waals surface area contributed by atoms with Crippen LogP contribution in [0, 0.1) is 0 Å². The second-order valence-electron chi connectivity index (χ2n) is 5.68. The van der Waals surface area contributed by atoms with Gasteiger partial charge in [0.2, 0.25) is 0 Å². The molecule has 1 amide bonds. The lowest BCUT2D eigenvalue weighted by Gasteiger charge is -2.11. The van der Waals surface area contributed by atoms with Gasteiger partial charge in [-0.2, -0.15) is 0 Å². The molecule has 5 nitrogen and oxygen atoms in total. The molecule has 0 aliphatic carbocycles. The quantitative estimate of drug-likeness (QED) is 0.592. The van der Waals surface area contributed by atoms with E-state index in [0.717, 1.165) is 16.1 Å². The number of thiazole rings is 1. The van der Waals surface area contributed by atoms with Crippen LogP contribution < -0.4 is 14.8 Å². The van der Waals surface area contributed by atoms with Gasteiger partial charge in [-0.05, 0) is 23.8 Å². The summed E-state index contributed by atoms with van der Waals surface area (Å²) in [5.74, 6) is 1.06. The average Bonchev–Trinajstić information content (AvgIpc) is 3.21. The Hall–Kier alpha value is -3.12. The van der Waals surface area contributed by atoms with E-state index in [2.05, 4.69) is 16.9 Å². The van der Waals surface area contributed by atoms with Crippen molar-refractivity contribution < 1.29 is 14.3 Å². The molecule has 2 aromatic carbocycles. The fraction of sp³-hybridized carbons (Fsp3) is 0.143. The predicted molar refractivity (Wildman–Crippen MR) is 107 cm³/mol. The number of aromatic nitrogens is 1. The summed E-state index contributed by atoms with van der Waals surface area (Å²) in [6.07, 6.45) is 1.63. The van der Waals surface area contributed by atoms with E-state index in [1.807, 2.05) is 48.5 Å². The molecule has 3 aromatic rings. The highest BCUT2D eigenvalue weighted by atomic mass is 32.1. The Morgan fingerprint density at radius 2 is 2.04 bits per heavy atom. The molecular formula is C21H20N2O3S. The van der Waals surface area contributed by atoms with Crippen LogP contribution in [0.15, 0.2) is 66.6 Å². The number of hydrogen-bond acceptors (Lipinski definition) is 5. The molecule has 1 aromatic heterocycles. The summed E-state index contributed by atoms with van der Waals surface area (Å²) in [6.45, 7) is 4.45. The minimum Gasteiger partial charge on any atom is -0.493 e. The summed E-state index contributed by atoms with van der Waals surface area (Å²) in [6, 6.07) is 15.6. The van der Waals surface area contributed by atoms with Crippen molar-refractivity contribution in [2.75, 3.05) is 13.7 Å². The normalized spacial score (nSPS) is 10.3. The van der Waals surface area contributed by atoms with Crippen molar-refractivity contribution in [2.45, 2.75) is 6.61 Å². The van der Waals surface area contributed by atoms with Crippen molar-refractivity contribution in [3.05, 3.63) is 77.8 Å². The van der Waals surface area contributed by atoms with Gasteiger partial charge < -0.3 is 14.8 Å². The SMILES string of the molecule is C=CCNC(=O)c1csc(-c2ccc(OCc3ccccc3)c(OC)c2)n1. The van der Waals surface area contributed by atoms with Gasteiger partial charge in [0, 0.05) is 17.5 Å². The Balaban J connectivity index is 1.75. The van der Waals surface area contributed by atoms with Crippen LogP contribution in [0.2, 0.25) is 0 Å². The van der Waals surface area contributed by atoms with Gasteiger partial charge >= 0.3 is 0 Å². The van der Waals surface area contributed by atoms with Gasteiger partial charge in [0.05, 0.1) is 7.11 Å². The van der Waals surface area contributed by atoms with Gasteiger partial charge in [-0.1, -0.05) is 36.4 Å². The molecule has 0 spiro atoms. The van der Waals surface area contributed by atoms with Gasteiger partial charge in [-0.25, -0.2) is 4.98 Å². The minimum atomic E-state index is -0.216. The molecule has 0 atom stereocenters. The van der Waals surface area contributed by atoms with E-state index in [9.17, 15) is 4.79 Å². The number of hydrogen-bond donors (Lipinski definition) is 1. The van der Waals surface area contributed by atoms with Crippen molar-refractivity contribution in [1.82, 2.24) is 10.3 Å². The van der Waals surface area contributed by atoms with Crippen molar-refractivity contribution in [3.8, 4) is 22.1 Å². The summed E-state index contributed by atoms with van der Waals surface area (Å²) < 4.78 is 11.3. The first-order valence-electron chi connectivity index (χ1n) is 8.41. The van der Waals surface area contributed by atoms with Crippen molar-refractivity contribution in [2.24, 2.45) is 0 Å². The Morgan fingerprint density at radius 3 is 2.78 bits per heavy atom. The number of methoxy groups -OCH3 is 1. The van der Waals surface area contributed by atoms with Gasteiger partial charge in [-0.15, -0.1) is 17.9 Å². The van der Waals surface area contributed by atoms with Crippen LogP contribution in [0.5, 0.6) is 11.5 Å². The molecule has 0 aliphatic heterocycles. The second-order valence-corrected chi connectivity index (χ2v) is 6.53. The third kappa shape index (κ3) is 4.74. The molecule has 0 bridgehead atoms. The van der Waals surface area contributed by atoms with Crippen molar-refractivity contribution in [1.29, 1.82) is 0 Å². The molecule has 0 fully saturated rings. The van der Waals surface area contributed by atoms with Crippen LogP contribution >= 0.6 is 11.3 Å². The first kappa shape index (κ1) is 18.7. The lowest BCUT2D eigenvalue weighted by atomic mass is 10.2. The molecule has 1 N–H and O–H groups in total. The number of nitrogens with one attached hydrogen (secondary N) is 1. The van der Waals surface area contributed by atoms with E-state index in [1.165, 1.54) is 11.3 Å². The van der Waals surface area contributed by atoms with Gasteiger partial charge in [-0.3, -0.25) is 4.79 Å². The zero-order chi connectivity index (χ0) is 19.1. The smallest absolute Gasteiger partial charge is 0.271 e. The number of amides is 1. The van der Waals surface area contributed by atoms with E-state index >= 15 is 0 Å². The van der Waals surface area contributed by atoms with E-state index in [0.29, 0.717) is 30.3 Å². The van der Waals surface area contributed by atoms with Crippen LogP contribution in [0.4, 0.5) is 0 Å². The van der Waals surface area contributed by atoms with Gasteiger partial charge in [0.15, 0.2) is 11.5 Å². The largest absolute Gasteiger partial charge is 0.493 e. The first-order valence-corrected chi connectivity index (χ1v) is 9.29. The average molecular weight is 380 g/mol. The first-order chi connectivity index (χ1) is 13.2. The summed E-state index contributed by atoms with van der Waals surface area (Å²) in [4.78, 5) is 16.4. The highest BCUT2D eigenvalue weighted by molar-refractivity contribution is 7.13. The van der Waals surface area contributed by atoms with E-state index < -0.39 is 0 Å². The molecule has 0 aliphatic rings. The van der Waals surface area contributed by atoms with Crippen LogP contribution in [0.1, 0.15) is 16.1 Å². The second kappa shape index (κ2) is 9.00. The van der Waals surface area contributed by atoms with Crippen LogP contribution in [-0.4, -0.2) is 24.5 Å². The minimum absolute atomic E-state index is 0.216. The lowest BCUT2D eigenvalue weighted by molar-refractivity contribution is 0.0954. The molecule has 27 heavy (non-hydrogen) atoms. The lowest BCUT2D eigenvalue weighted by Crippen LogP contribution is -2.23. The molecule has 0 radical (unpaired) electrons. The van der Waals surface area contributed by atoms with E-state index in [4.69, 9.17) is 9.47 Å². The summed E-state index contributed by atoms with van der Waals surface area (Å²) in [7, 11) is 1.60. The molecular weight excluding hydrogens is 360 g/mol. The highest BCUT2D eigenvalue weighted by Crippen LogP contribution is 2.34. The van der Waals surface area contributed by atoms with Crippen molar-refractivity contribution >= 4 is 17.2 Å². The zero-order valence-corrected chi connectivity index (χ0v) is 15.8. The summed E-state index contributed by atoms with van der Waals surface area (Å²) in [5.41, 5.74) is 2.34. The van der Waals surface area contributed by atoms with Crippen LogP contribution in [0.25, 0.3) is 10.6 Å². The number of nitrogens with zero attached hydrogens (tertiary/aromatic N) is 1. The molecule has 1 heterocycles. The molecule has 6 heteroatoms. The third-order valence-corrected chi connectivity index (χ3v) is 4.68. The summed E-state index contributed by atoms with van der Waals surface area (Å²) >= 11 is 1.41. The maximum atomic E-state index is 12.0. The maximum Gasteiger partial charge on any atom is 0.271 e. The third-order valence-electron chi connectivity index (χ3n) is 3.79. The van der Waals surface area contributed by atoms with Gasteiger partial charge in [0.25, 0.3) is 5.91 Å². The Kier molecular flexibility index (Phi) is 6.22. The number of carbonyl (C=O) groups is 1. The Morgan fingerprint density at radius 1 is 1.22 bits per heavy atom.